The van der Waals surface area contributed by atoms with Crippen LogP contribution >= 0.6 is 0 Å². The summed E-state index contributed by atoms with van der Waals surface area (Å²) >= 11 is 0. The van der Waals surface area contributed by atoms with Crippen LogP contribution in [0.5, 0.6) is 0 Å². The van der Waals surface area contributed by atoms with Crippen LogP contribution in [-0.2, 0) is 6.42 Å². The number of likely N-dealkylation sites (tertiary alicyclic amines) is 1. The van der Waals surface area contributed by atoms with Gasteiger partial charge in [0.2, 0.25) is 0 Å². The maximum Gasteiger partial charge on any atom is 0.191 e. The van der Waals surface area contributed by atoms with Gasteiger partial charge in [-0.25, -0.2) is 4.39 Å². The van der Waals surface area contributed by atoms with Gasteiger partial charge in [0.15, 0.2) is 5.96 Å². The van der Waals surface area contributed by atoms with Gasteiger partial charge < -0.3 is 15.6 Å². The number of aromatic amines is 1. The molecule has 0 unspecified atom stereocenters. The molecule has 1 aliphatic rings. The number of nitrogens with two attached hydrogens (primary N) is 1. The minimum atomic E-state index is -0.209. The van der Waals surface area contributed by atoms with E-state index in [0.29, 0.717) is 12.5 Å². The van der Waals surface area contributed by atoms with Gasteiger partial charge in [0.1, 0.15) is 5.82 Å². The Bertz CT molecular complexity index is 668. The number of aromatic nitrogens is 1. The fourth-order valence-electron chi connectivity index (χ4n) is 2.99. The zero-order chi connectivity index (χ0) is 15.5. The predicted molar refractivity (Wildman–Crippen MR) is 88.4 cm³/mol. The van der Waals surface area contributed by atoms with Crippen LogP contribution in [0.4, 0.5) is 4.39 Å². The number of halogens is 1. The molecule has 4 nitrogen and oxygen atoms in total. The minimum absolute atomic E-state index is 0.209. The highest BCUT2D eigenvalue weighted by Crippen LogP contribution is 2.20. The van der Waals surface area contributed by atoms with Gasteiger partial charge >= 0.3 is 0 Å². The van der Waals surface area contributed by atoms with E-state index in [4.69, 9.17) is 5.73 Å². The van der Waals surface area contributed by atoms with Crippen molar-refractivity contribution < 1.29 is 4.39 Å². The second kappa shape index (κ2) is 6.38. The lowest BCUT2D eigenvalue weighted by Gasteiger charge is -2.31. The van der Waals surface area contributed by atoms with Crippen LogP contribution in [0.15, 0.2) is 29.4 Å². The van der Waals surface area contributed by atoms with Gasteiger partial charge in [0.25, 0.3) is 0 Å². The van der Waals surface area contributed by atoms with Gasteiger partial charge in [-0.05, 0) is 48.9 Å². The highest BCUT2D eigenvalue weighted by molar-refractivity contribution is 5.83. The van der Waals surface area contributed by atoms with Crippen LogP contribution in [0.1, 0.15) is 25.3 Å². The highest BCUT2D eigenvalue weighted by Gasteiger charge is 2.16. The molecule has 0 radical (unpaired) electrons. The summed E-state index contributed by atoms with van der Waals surface area (Å²) in [5.41, 5.74) is 8.12. The number of fused-ring (bicyclic) bond motifs is 1. The summed E-state index contributed by atoms with van der Waals surface area (Å²) in [6, 6.07) is 4.80. The molecule has 0 amide bonds. The Kier molecular flexibility index (Phi) is 4.32. The Morgan fingerprint density at radius 3 is 2.95 bits per heavy atom. The average molecular weight is 302 g/mol. The predicted octanol–water partition coefficient (Wildman–Crippen LogP) is 2.90. The Morgan fingerprint density at radius 2 is 2.18 bits per heavy atom. The van der Waals surface area contributed by atoms with Crippen LogP contribution in [0, 0.1) is 11.7 Å². The number of guanidine groups is 1. The van der Waals surface area contributed by atoms with Crippen LogP contribution in [-0.4, -0.2) is 35.5 Å². The molecule has 0 atom stereocenters. The van der Waals surface area contributed by atoms with Crippen molar-refractivity contribution in [3.05, 3.63) is 35.8 Å². The van der Waals surface area contributed by atoms with E-state index in [2.05, 4.69) is 21.8 Å². The highest BCUT2D eigenvalue weighted by atomic mass is 19.1. The van der Waals surface area contributed by atoms with Crippen LogP contribution in [0.25, 0.3) is 10.9 Å². The molecule has 0 aliphatic carbocycles. The number of hydrogen-bond donors (Lipinski definition) is 2. The average Bonchev–Trinajstić information content (AvgIpc) is 2.90. The van der Waals surface area contributed by atoms with Crippen LogP contribution in [0.3, 0.4) is 0 Å². The largest absolute Gasteiger partial charge is 0.370 e. The standard InChI is InChI=1S/C17H23FN4/c1-12-5-8-22(9-6-12)17(19)20-7-4-13-11-21-16-3-2-14(18)10-15(13)16/h2-3,10-12,21H,4-9H2,1H3,(H2,19,20). The van der Waals surface area contributed by atoms with Crippen molar-refractivity contribution in [3.8, 4) is 0 Å². The molecular weight excluding hydrogens is 279 g/mol. The lowest BCUT2D eigenvalue weighted by atomic mass is 10.00. The topological polar surface area (TPSA) is 57.4 Å². The number of aliphatic imine (C=N–C) groups is 1. The van der Waals surface area contributed by atoms with Crippen molar-refractivity contribution in [1.82, 2.24) is 9.88 Å². The maximum atomic E-state index is 13.4. The number of H-pyrrole nitrogens is 1. The van der Waals surface area contributed by atoms with E-state index in [-0.39, 0.29) is 5.82 Å². The smallest absolute Gasteiger partial charge is 0.191 e. The zero-order valence-corrected chi connectivity index (χ0v) is 13.0. The number of hydrogen-bond acceptors (Lipinski definition) is 1. The van der Waals surface area contributed by atoms with Gasteiger partial charge in [-0.15, -0.1) is 0 Å². The lowest BCUT2D eigenvalue weighted by molar-refractivity contribution is 0.277. The fraction of sp³-hybridized carbons (Fsp3) is 0.471. The Morgan fingerprint density at radius 1 is 1.41 bits per heavy atom. The van der Waals surface area contributed by atoms with Crippen LogP contribution in [0.2, 0.25) is 0 Å². The summed E-state index contributed by atoms with van der Waals surface area (Å²) in [5, 5.41) is 0.931. The lowest BCUT2D eigenvalue weighted by Crippen LogP contribution is -2.42. The molecule has 3 N–H and O–H groups in total. The molecule has 0 bridgehead atoms. The van der Waals surface area contributed by atoms with Gasteiger partial charge in [-0.2, -0.15) is 0 Å². The van der Waals surface area contributed by atoms with E-state index < -0.39 is 0 Å². The molecule has 22 heavy (non-hydrogen) atoms. The molecule has 118 valence electrons. The summed E-state index contributed by atoms with van der Waals surface area (Å²) in [7, 11) is 0. The van der Waals surface area contributed by atoms with Crippen molar-refractivity contribution >= 4 is 16.9 Å². The van der Waals surface area contributed by atoms with E-state index in [1.54, 1.807) is 12.1 Å². The Balaban J connectivity index is 1.61. The van der Waals surface area contributed by atoms with Crippen molar-refractivity contribution in [2.75, 3.05) is 19.6 Å². The molecular formula is C17H23FN4. The van der Waals surface area contributed by atoms with Gasteiger partial charge in [-0.3, -0.25) is 4.99 Å². The van der Waals surface area contributed by atoms with Gasteiger partial charge in [0.05, 0.1) is 0 Å². The summed E-state index contributed by atoms with van der Waals surface area (Å²) in [6.07, 6.45) is 5.04. The van der Waals surface area contributed by atoms with E-state index in [1.807, 2.05) is 6.20 Å². The minimum Gasteiger partial charge on any atom is -0.370 e. The number of rotatable bonds is 3. The molecule has 0 saturated carbocycles. The van der Waals surface area contributed by atoms with Crippen molar-refractivity contribution in [3.63, 3.8) is 0 Å². The van der Waals surface area contributed by atoms with Crippen molar-refractivity contribution in [2.24, 2.45) is 16.6 Å². The molecule has 0 spiro atoms. The Hall–Kier alpha value is -2.04. The number of benzene rings is 1. The molecule has 1 aromatic heterocycles. The normalized spacial score (nSPS) is 17.4. The summed E-state index contributed by atoms with van der Waals surface area (Å²) in [6.45, 7) is 4.89. The van der Waals surface area contributed by atoms with Crippen molar-refractivity contribution in [1.29, 1.82) is 0 Å². The fourth-order valence-corrected chi connectivity index (χ4v) is 2.99. The molecule has 1 aliphatic heterocycles. The van der Waals surface area contributed by atoms with E-state index >= 15 is 0 Å². The maximum absolute atomic E-state index is 13.4. The quantitative estimate of drug-likeness (QED) is 0.676. The van der Waals surface area contributed by atoms with Crippen LogP contribution < -0.4 is 5.73 Å². The molecule has 1 aromatic carbocycles. The molecule has 3 rings (SSSR count). The first kappa shape index (κ1) is 14.9. The van der Waals surface area contributed by atoms with E-state index in [1.165, 1.54) is 18.9 Å². The summed E-state index contributed by atoms with van der Waals surface area (Å²) in [4.78, 5) is 9.82. The molecule has 2 aromatic rings. The van der Waals surface area contributed by atoms with Gasteiger partial charge in [0, 0.05) is 36.7 Å². The first-order valence-corrected chi connectivity index (χ1v) is 7.94. The third-order valence-corrected chi connectivity index (χ3v) is 4.49. The third kappa shape index (κ3) is 3.24. The summed E-state index contributed by atoms with van der Waals surface area (Å²) in [5.74, 6) is 1.21. The first-order chi connectivity index (χ1) is 10.6. The molecule has 1 saturated heterocycles. The van der Waals surface area contributed by atoms with Gasteiger partial charge in [-0.1, -0.05) is 6.92 Å². The first-order valence-electron chi connectivity index (χ1n) is 7.94. The number of piperidine rings is 1. The number of nitrogens with zero attached hydrogens (tertiary/aromatic N) is 2. The molecule has 2 heterocycles. The SMILES string of the molecule is CC1CCN(C(N)=NCCc2c[nH]c3ccc(F)cc23)CC1. The van der Waals surface area contributed by atoms with Crippen molar-refractivity contribution in [2.45, 2.75) is 26.2 Å². The van der Waals surface area contributed by atoms with E-state index in [9.17, 15) is 4.39 Å². The molecule has 1 fully saturated rings. The summed E-state index contributed by atoms with van der Waals surface area (Å²) < 4.78 is 13.4. The Labute approximate surface area is 130 Å². The molecule has 5 heteroatoms. The zero-order valence-electron chi connectivity index (χ0n) is 13.0. The monoisotopic (exact) mass is 302 g/mol. The third-order valence-electron chi connectivity index (χ3n) is 4.49. The van der Waals surface area contributed by atoms with E-state index in [0.717, 1.165) is 41.9 Å². The second-order valence-corrected chi connectivity index (χ2v) is 6.16. The number of nitrogens with one attached hydrogen (secondary N) is 1. The second-order valence-electron chi connectivity index (χ2n) is 6.16.